The molecule has 0 amide bonds. The van der Waals surface area contributed by atoms with Crippen LogP contribution >= 0.6 is 0 Å². The fraction of sp³-hybridized carbons (Fsp3) is 0.235. The Morgan fingerprint density at radius 2 is 1.95 bits per heavy atom. The van der Waals surface area contributed by atoms with Gasteiger partial charge in [-0.1, -0.05) is 13.8 Å². The molecule has 0 aliphatic rings. The first-order chi connectivity index (χ1) is 10.6. The summed E-state index contributed by atoms with van der Waals surface area (Å²) in [6.45, 7) is 6.41. The fourth-order valence-electron chi connectivity index (χ4n) is 2.84. The monoisotopic (exact) mass is 291 g/mol. The lowest BCUT2D eigenvalue weighted by Crippen LogP contribution is -2.03. The molecule has 0 saturated heterocycles. The molecular weight excluding hydrogens is 274 g/mol. The van der Waals surface area contributed by atoms with Gasteiger partial charge in [-0.2, -0.15) is 5.10 Å². The molecule has 4 aromatic rings. The van der Waals surface area contributed by atoms with E-state index >= 15 is 0 Å². The highest BCUT2D eigenvalue weighted by Crippen LogP contribution is 2.28. The summed E-state index contributed by atoms with van der Waals surface area (Å²) in [5.41, 5.74) is 5.05. The van der Waals surface area contributed by atoms with E-state index in [1.165, 1.54) is 5.69 Å². The van der Waals surface area contributed by atoms with Gasteiger partial charge in [0.05, 0.1) is 18.1 Å². The van der Waals surface area contributed by atoms with Gasteiger partial charge in [0.2, 0.25) is 0 Å². The van der Waals surface area contributed by atoms with Gasteiger partial charge in [0.1, 0.15) is 5.65 Å². The van der Waals surface area contributed by atoms with Gasteiger partial charge in [0, 0.05) is 22.2 Å². The van der Waals surface area contributed by atoms with Crippen molar-refractivity contribution < 1.29 is 0 Å². The van der Waals surface area contributed by atoms with Gasteiger partial charge in [-0.05, 0) is 37.1 Å². The van der Waals surface area contributed by atoms with Crippen LogP contribution in [0.1, 0.15) is 31.2 Å². The van der Waals surface area contributed by atoms with E-state index in [1.807, 2.05) is 19.2 Å². The lowest BCUT2D eigenvalue weighted by atomic mass is 10.1. The number of H-pyrrole nitrogens is 1. The minimum atomic E-state index is 0.398. The second-order valence-electron chi connectivity index (χ2n) is 5.93. The summed E-state index contributed by atoms with van der Waals surface area (Å²) >= 11 is 0. The fourth-order valence-corrected chi connectivity index (χ4v) is 2.84. The molecule has 0 aromatic carbocycles. The molecule has 4 heterocycles. The standard InChI is InChI=1S/C17H17N5/c1-10(2)15-7-12-5-4-11(3)20-17(12)22(15)14-6-13-8-19-21-16(13)18-9-14/h4-10H,1-3H3,(H,18,19,21). The summed E-state index contributed by atoms with van der Waals surface area (Å²) < 4.78 is 2.20. The van der Waals surface area contributed by atoms with Crippen LogP contribution in [0.5, 0.6) is 0 Å². The van der Waals surface area contributed by atoms with Crippen molar-refractivity contribution >= 4 is 22.1 Å². The SMILES string of the molecule is Cc1ccc2cc(C(C)C)n(-c3cnc4[nH]ncc4c3)c2n1. The predicted octanol–water partition coefficient (Wildman–Crippen LogP) is 3.73. The van der Waals surface area contributed by atoms with Crippen molar-refractivity contribution in [1.82, 2.24) is 24.7 Å². The van der Waals surface area contributed by atoms with Crippen LogP contribution in [0.4, 0.5) is 0 Å². The van der Waals surface area contributed by atoms with Crippen LogP contribution in [0, 0.1) is 6.92 Å². The molecule has 4 aromatic heterocycles. The highest BCUT2D eigenvalue weighted by atomic mass is 15.1. The number of hydrogen-bond acceptors (Lipinski definition) is 3. The van der Waals surface area contributed by atoms with Crippen molar-refractivity contribution in [2.45, 2.75) is 26.7 Å². The maximum Gasteiger partial charge on any atom is 0.155 e. The molecule has 1 N–H and O–H groups in total. The van der Waals surface area contributed by atoms with E-state index in [0.717, 1.165) is 33.4 Å². The second-order valence-corrected chi connectivity index (χ2v) is 5.93. The number of aromatic nitrogens is 5. The number of hydrogen-bond donors (Lipinski definition) is 1. The maximum atomic E-state index is 4.73. The van der Waals surface area contributed by atoms with Gasteiger partial charge in [-0.3, -0.25) is 9.67 Å². The number of aromatic amines is 1. The second kappa shape index (κ2) is 4.66. The quantitative estimate of drug-likeness (QED) is 0.612. The van der Waals surface area contributed by atoms with Crippen molar-refractivity contribution in [2.75, 3.05) is 0 Å². The van der Waals surface area contributed by atoms with Crippen LogP contribution in [0.3, 0.4) is 0 Å². The molecule has 110 valence electrons. The van der Waals surface area contributed by atoms with Gasteiger partial charge in [0.25, 0.3) is 0 Å². The maximum absolute atomic E-state index is 4.73. The molecule has 0 aliphatic heterocycles. The molecule has 0 saturated carbocycles. The molecule has 0 atom stereocenters. The highest BCUT2D eigenvalue weighted by molar-refractivity contribution is 5.82. The minimum Gasteiger partial charge on any atom is -0.296 e. The zero-order chi connectivity index (χ0) is 15.3. The Labute approximate surface area is 128 Å². The molecule has 0 radical (unpaired) electrons. The number of nitrogens with one attached hydrogen (secondary N) is 1. The topological polar surface area (TPSA) is 59.4 Å². The summed E-state index contributed by atoms with van der Waals surface area (Å²) in [4.78, 5) is 9.19. The van der Waals surface area contributed by atoms with Crippen molar-refractivity contribution in [3.8, 4) is 5.69 Å². The zero-order valence-electron chi connectivity index (χ0n) is 12.8. The Morgan fingerprint density at radius 3 is 2.77 bits per heavy atom. The van der Waals surface area contributed by atoms with E-state index in [0.29, 0.717) is 5.92 Å². The highest BCUT2D eigenvalue weighted by Gasteiger charge is 2.15. The summed E-state index contributed by atoms with van der Waals surface area (Å²) in [5, 5.41) is 9.09. The summed E-state index contributed by atoms with van der Waals surface area (Å²) in [6.07, 6.45) is 3.67. The number of fused-ring (bicyclic) bond motifs is 2. The van der Waals surface area contributed by atoms with Crippen molar-refractivity contribution in [2.24, 2.45) is 0 Å². The van der Waals surface area contributed by atoms with Gasteiger partial charge < -0.3 is 0 Å². The Hall–Kier alpha value is -2.69. The van der Waals surface area contributed by atoms with Crippen molar-refractivity contribution in [1.29, 1.82) is 0 Å². The average molecular weight is 291 g/mol. The molecule has 0 aliphatic carbocycles. The predicted molar refractivity (Wildman–Crippen MR) is 87.3 cm³/mol. The normalized spacial score (nSPS) is 11.8. The molecular formula is C17H17N5. The van der Waals surface area contributed by atoms with Gasteiger partial charge >= 0.3 is 0 Å². The first kappa shape index (κ1) is 13.0. The van der Waals surface area contributed by atoms with Gasteiger partial charge in [0.15, 0.2) is 5.65 Å². The number of aryl methyl sites for hydroxylation is 1. The number of rotatable bonds is 2. The third-order valence-corrected chi connectivity index (χ3v) is 3.94. The van der Waals surface area contributed by atoms with Crippen LogP contribution in [0.15, 0.2) is 36.7 Å². The third-order valence-electron chi connectivity index (χ3n) is 3.94. The van der Waals surface area contributed by atoms with E-state index in [1.54, 1.807) is 6.20 Å². The molecule has 5 nitrogen and oxygen atoms in total. The molecule has 22 heavy (non-hydrogen) atoms. The summed E-state index contributed by atoms with van der Waals surface area (Å²) in [5.74, 6) is 0.398. The Morgan fingerprint density at radius 1 is 1.09 bits per heavy atom. The average Bonchev–Trinajstić information content (AvgIpc) is 3.09. The Balaban J connectivity index is 2.06. The van der Waals surface area contributed by atoms with Crippen LogP contribution in [-0.2, 0) is 0 Å². The summed E-state index contributed by atoms with van der Waals surface area (Å²) in [7, 11) is 0. The van der Waals surface area contributed by atoms with Crippen LogP contribution in [-0.4, -0.2) is 24.7 Å². The van der Waals surface area contributed by atoms with E-state index in [9.17, 15) is 0 Å². The molecule has 0 spiro atoms. The Kier molecular flexibility index (Phi) is 2.76. The number of pyridine rings is 2. The first-order valence-corrected chi connectivity index (χ1v) is 7.42. The van der Waals surface area contributed by atoms with E-state index < -0.39 is 0 Å². The largest absolute Gasteiger partial charge is 0.296 e. The van der Waals surface area contributed by atoms with Gasteiger partial charge in [-0.15, -0.1) is 0 Å². The molecule has 0 unspecified atom stereocenters. The molecule has 0 bridgehead atoms. The van der Waals surface area contributed by atoms with Gasteiger partial charge in [-0.25, -0.2) is 9.97 Å². The minimum absolute atomic E-state index is 0.398. The zero-order valence-corrected chi connectivity index (χ0v) is 12.8. The lowest BCUT2D eigenvalue weighted by Gasteiger charge is -2.12. The number of nitrogens with zero attached hydrogens (tertiary/aromatic N) is 4. The van der Waals surface area contributed by atoms with E-state index in [-0.39, 0.29) is 0 Å². The lowest BCUT2D eigenvalue weighted by molar-refractivity contribution is 0.792. The van der Waals surface area contributed by atoms with E-state index in [2.05, 4.69) is 51.8 Å². The van der Waals surface area contributed by atoms with Crippen LogP contribution < -0.4 is 0 Å². The van der Waals surface area contributed by atoms with Crippen molar-refractivity contribution in [3.63, 3.8) is 0 Å². The first-order valence-electron chi connectivity index (χ1n) is 7.42. The third kappa shape index (κ3) is 1.89. The molecule has 0 fully saturated rings. The van der Waals surface area contributed by atoms with Crippen molar-refractivity contribution in [3.05, 3.63) is 48.0 Å². The smallest absolute Gasteiger partial charge is 0.155 e. The van der Waals surface area contributed by atoms with E-state index in [4.69, 9.17) is 4.98 Å². The van der Waals surface area contributed by atoms with Crippen LogP contribution in [0.25, 0.3) is 27.8 Å². The molecule has 5 heteroatoms. The summed E-state index contributed by atoms with van der Waals surface area (Å²) in [6, 6.07) is 8.49. The van der Waals surface area contributed by atoms with Crippen LogP contribution in [0.2, 0.25) is 0 Å². The Bertz CT molecular complexity index is 977. The molecule has 4 rings (SSSR count).